The number of carbonyl (C=O) groups excluding carboxylic acids is 2. The Labute approximate surface area is 542 Å². The number of phosphoric acid groups is 1. The summed E-state index contributed by atoms with van der Waals surface area (Å²) in [6, 6.07) is 0. The van der Waals surface area contributed by atoms with Crippen LogP contribution in [0.4, 0.5) is 0 Å². The highest BCUT2D eigenvalue weighted by atomic mass is 31.2. The van der Waals surface area contributed by atoms with E-state index in [1.807, 2.05) is 21.1 Å². The molecule has 0 aromatic rings. The molecule has 0 aliphatic rings. The van der Waals surface area contributed by atoms with E-state index in [0.717, 1.165) is 122 Å². The molecular weight excluding hydrogens is 1110 g/mol. The first-order chi connectivity index (χ1) is 43.0. The lowest BCUT2D eigenvalue weighted by Crippen LogP contribution is -2.37. The molecule has 0 fully saturated rings. The lowest BCUT2D eigenvalue weighted by atomic mass is 10.0. The number of quaternary nitrogens is 1. The van der Waals surface area contributed by atoms with Crippen molar-refractivity contribution in [1.29, 1.82) is 0 Å². The number of nitrogens with zero attached hydrogens (tertiary/aromatic N) is 1. The highest BCUT2D eigenvalue weighted by molar-refractivity contribution is 7.45. The summed E-state index contributed by atoms with van der Waals surface area (Å²) in [5.41, 5.74) is 0. The summed E-state index contributed by atoms with van der Waals surface area (Å²) in [6.45, 7) is 4.11. The maximum atomic E-state index is 12.9. The number of allylic oxidation sites excluding steroid dienone is 22. The van der Waals surface area contributed by atoms with Crippen LogP contribution in [0.1, 0.15) is 296 Å². The summed E-state index contributed by atoms with van der Waals surface area (Å²) in [7, 11) is 1.15. The lowest BCUT2D eigenvalue weighted by Gasteiger charge is -2.28. The molecule has 0 aliphatic carbocycles. The summed E-state index contributed by atoms with van der Waals surface area (Å²) < 4.78 is 34.3. The molecule has 0 aromatic carbocycles. The van der Waals surface area contributed by atoms with Gasteiger partial charge >= 0.3 is 11.9 Å². The van der Waals surface area contributed by atoms with Crippen LogP contribution < -0.4 is 4.89 Å². The third-order valence-electron chi connectivity index (χ3n) is 15.2. The van der Waals surface area contributed by atoms with Crippen molar-refractivity contribution in [2.45, 2.75) is 302 Å². The van der Waals surface area contributed by atoms with E-state index in [1.165, 1.54) is 141 Å². The second-order valence-corrected chi connectivity index (χ2v) is 26.3. The molecule has 88 heavy (non-hydrogen) atoms. The molecule has 0 bridgehead atoms. The molecule has 0 spiro atoms. The van der Waals surface area contributed by atoms with Gasteiger partial charge in [0.2, 0.25) is 0 Å². The minimum Gasteiger partial charge on any atom is -0.756 e. The van der Waals surface area contributed by atoms with Crippen LogP contribution in [0.15, 0.2) is 134 Å². The summed E-state index contributed by atoms with van der Waals surface area (Å²) >= 11 is 0. The highest BCUT2D eigenvalue weighted by Gasteiger charge is 2.22. The number of carbonyl (C=O) groups is 2. The maximum Gasteiger partial charge on any atom is 0.306 e. The summed E-state index contributed by atoms with van der Waals surface area (Å²) in [5.74, 6) is -0.850. The highest BCUT2D eigenvalue weighted by Crippen LogP contribution is 2.38. The Morgan fingerprint density at radius 1 is 0.364 bits per heavy atom. The van der Waals surface area contributed by atoms with Gasteiger partial charge in [-0.1, -0.05) is 302 Å². The Balaban J connectivity index is 4.10. The predicted molar refractivity (Wildman–Crippen MR) is 378 cm³/mol. The molecule has 0 amide bonds. The third-order valence-corrected chi connectivity index (χ3v) is 16.1. The number of esters is 2. The Kier molecular flexibility index (Phi) is 64.6. The topological polar surface area (TPSA) is 111 Å². The van der Waals surface area contributed by atoms with Crippen molar-refractivity contribution in [3.63, 3.8) is 0 Å². The number of hydrogen-bond donors (Lipinski definition) is 0. The van der Waals surface area contributed by atoms with Crippen molar-refractivity contribution in [2.24, 2.45) is 0 Å². The number of likely N-dealkylation sites (N-methyl/N-ethyl adjacent to an activating group) is 1. The Morgan fingerprint density at radius 2 is 0.648 bits per heavy atom. The van der Waals surface area contributed by atoms with Gasteiger partial charge in [-0.15, -0.1) is 0 Å². The molecule has 0 heterocycles. The van der Waals surface area contributed by atoms with Crippen molar-refractivity contribution in [1.82, 2.24) is 0 Å². The zero-order valence-corrected chi connectivity index (χ0v) is 58.3. The standard InChI is InChI=1S/C78H134NO8P/c1-6-8-10-12-14-16-18-20-22-24-26-28-30-32-34-36-38-39-41-42-44-46-48-50-52-54-56-58-60-62-64-66-68-70-77(80)84-74-76(75-86-88(82,83)85-73-72-79(3,4)5)87-78(81)71-69-67-65-63-61-59-57-55-53-51-49-47-45-43-40-37-35-33-31-29-27-25-23-21-19-17-15-13-11-9-7-2/h9,11,15,17-18,20-21,23-24,26-27,29-30,32-33,35,40,43,47,49,53,55,76H,6-8,10,12-14,16,19,22,25,28,31,34,36-39,41-42,44-46,48,50-52,54,56-75H2,1-5H3/b11-9-,17-15-,20-18-,23-21-,26-24-,29-27-,32-30-,35-33-,43-40-,49-47-,55-53-. The van der Waals surface area contributed by atoms with E-state index in [4.69, 9.17) is 18.5 Å². The van der Waals surface area contributed by atoms with Crippen LogP contribution in [-0.4, -0.2) is 70.0 Å². The smallest absolute Gasteiger partial charge is 0.306 e. The van der Waals surface area contributed by atoms with Crippen molar-refractivity contribution in [3.05, 3.63) is 134 Å². The molecule has 0 aromatic heterocycles. The van der Waals surface area contributed by atoms with E-state index >= 15 is 0 Å². The summed E-state index contributed by atoms with van der Waals surface area (Å²) in [6.07, 6.45) is 98.2. The zero-order chi connectivity index (χ0) is 64.1. The Bertz CT molecular complexity index is 1950. The fourth-order valence-electron chi connectivity index (χ4n) is 9.68. The molecule has 0 saturated carbocycles. The lowest BCUT2D eigenvalue weighted by molar-refractivity contribution is -0.870. The van der Waals surface area contributed by atoms with Crippen LogP contribution in [0, 0.1) is 0 Å². The van der Waals surface area contributed by atoms with E-state index in [1.54, 1.807) is 0 Å². The fraction of sp³-hybridized carbons (Fsp3) is 0.692. The molecule has 10 heteroatoms. The molecule has 2 unspecified atom stereocenters. The number of rotatable bonds is 65. The maximum absolute atomic E-state index is 12.9. The fourth-order valence-corrected chi connectivity index (χ4v) is 10.4. The van der Waals surface area contributed by atoms with E-state index in [-0.39, 0.29) is 32.0 Å². The Morgan fingerprint density at radius 3 is 0.966 bits per heavy atom. The van der Waals surface area contributed by atoms with Gasteiger partial charge in [0.25, 0.3) is 7.82 Å². The van der Waals surface area contributed by atoms with Crippen LogP contribution in [0.25, 0.3) is 0 Å². The number of ether oxygens (including phenoxy) is 2. The average molecular weight is 1240 g/mol. The second kappa shape index (κ2) is 67.5. The van der Waals surface area contributed by atoms with E-state index < -0.39 is 26.5 Å². The van der Waals surface area contributed by atoms with E-state index in [2.05, 4.69) is 148 Å². The van der Waals surface area contributed by atoms with Gasteiger partial charge in [-0.05, 0) is 116 Å². The van der Waals surface area contributed by atoms with Crippen LogP contribution in [0.3, 0.4) is 0 Å². The minimum absolute atomic E-state index is 0.0398. The SMILES string of the molecule is CC/C=C\C/C=C\C/C=C\C/C=C\C/C=C\C/C=C\C/C=C\C/C=C\CCCCCCCCC(=O)OC(COC(=O)CCCCCCCCCCCCCCCCCCCC/C=C\C/C=C\C/C=C\CCCCCCC)COP(=O)([O-])OCC[N+](C)(C)C. The second-order valence-electron chi connectivity index (χ2n) is 24.9. The number of phosphoric ester groups is 1. The molecule has 0 N–H and O–H groups in total. The van der Waals surface area contributed by atoms with Gasteiger partial charge in [-0.3, -0.25) is 14.2 Å². The van der Waals surface area contributed by atoms with Gasteiger partial charge in [0.15, 0.2) is 6.10 Å². The first-order valence-corrected chi connectivity index (χ1v) is 37.4. The number of hydrogen-bond acceptors (Lipinski definition) is 8. The third kappa shape index (κ3) is 71.2. The van der Waals surface area contributed by atoms with E-state index in [9.17, 15) is 19.0 Å². The summed E-state index contributed by atoms with van der Waals surface area (Å²) in [5, 5.41) is 0. The van der Waals surface area contributed by atoms with Gasteiger partial charge in [0, 0.05) is 12.8 Å². The monoisotopic (exact) mass is 1240 g/mol. The minimum atomic E-state index is -4.66. The molecule has 9 nitrogen and oxygen atoms in total. The molecule has 504 valence electrons. The van der Waals surface area contributed by atoms with Crippen LogP contribution in [0.2, 0.25) is 0 Å². The Hall–Kier alpha value is -3.85. The largest absolute Gasteiger partial charge is 0.756 e. The zero-order valence-electron chi connectivity index (χ0n) is 57.4. The van der Waals surface area contributed by atoms with Crippen molar-refractivity contribution in [3.8, 4) is 0 Å². The molecular formula is C78H134NO8P. The average Bonchev–Trinajstić information content (AvgIpc) is 3.68. The van der Waals surface area contributed by atoms with E-state index in [0.29, 0.717) is 17.4 Å². The quantitative estimate of drug-likeness (QED) is 0.0195. The molecule has 0 rings (SSSR count). The van der Waals surface area contributed by atoms with Gasteiger partial charge < -0.3 is 27.9 Å². The molecule has 0 radical (unpaired) electrons. The van der Waals surface area contributed by atoms with Crippen molar-refractivity contribution < 1.29 is 42.1 Å². The molecule has 0 aliphatic heterocycles. The van der Waals surface area contributed by atoms with Crippen molar-refractivity contribution in [2.75, 3.05) is 47.5 Å². The van der Waals surface area contributed by atoms with Crippen LogP contribution >= 0.6 is 7.82 Å². The number of unbranched alkanes of at least 4 members (excludes halogenated alkanes) is 29. The van der Waals surface area contributed by atoms with Gasteiger partial charge in [0.1, 0.15) is 19.8 Å². The predicted octanol–water partition coefficient (Wildman–Crippen LogP) is 23.0. The first kappa shape index (κ1) is 84.2. The summed E-state index contributed by atoms with van der Waals surface area (Å²) in [4.78, 5) is 38.1. The van der Waals surface area contributed by atoms with Gasteiger partial charge in [-0.2, -0.15) is 0 Å². The van der Waals surface area contributed by atoms with Gasteiger partial charge in [-0.25, -0.2) is 0 Å². The van der Waals surface area contributed by atoms with Crippen molar-refractivity contribution >= 4 is 19.8 Å². The van der Waals surface area contributed by atoms with Gasteiger partial charge in [0.05, 0.1) is 27.7 Å². The molecule has 2 atom stereocenters. The van der Waals surface area contributed by atoms with Crippen LogP contribution in [-0.2, 0) is 32.7 Å². The first-order valence-electron chi connectivity index (χ1n) is 35.9. The van der Waals surface area contributed by atoms with Crippen LogP contribution in [0.5, 0.6) is 0 Å². The molecule has 0 saturated heterocycles. The normalized spacial score (nSPS) is 13.9.